The number of hydrogen-bond acceptors (Lipinski definition) is 6. The van der Waals surface area contributed by atoms with Crippen molar-refractivity contribution in [2.75, 3.05) is 19.8 Å². The third-order valence-corrected chi connectivity index (χ3v) is 4.76. The van der Waals surface area contributed by atoms with E-state index in [-0.39, 0.29) is 17.7 Å². The molecule has 0 amide bonds. The maximum Gasteiger partial charge on any atom is 0.163 e. The van der Waals surface area contributed by atoms with Crippen LogP contribution in [0.25, 0.3) is 0 Å². The highest BCUT2D eigenvalue weighted by molar-refractivity contribution is 4.77. The average molecular weight is 391 g/mol. The van der Waals surface area contributed by atoms with Crippen LogP contribution in [0, 0.1) is 5.92 Å². The highest BCUT2D eigenvalue weighted by atomic mass is 16.7. The van der Waals surface area contributed by atoms with E-state index < -0.39 is 5.79 Å². The first-order valence-corrected chi connectivity index (χ1v) is 10.2. The Bertz CT molecular complexity index is 405. The summed E-state index contributed by atoms with van der Waals surface area (Å²) in [6.45, 7) is 22.4. The summed E-state index contributed by atoms with van der Waals surface area (Å²) in [5, 5.41) is 0. The van der Waals surface area contributed by atoms with E-state index >= 15 is 0 Å². The van der Waals surface area contributed by atoms with Gasteiger partial charge in [-0.25, -0.2) is 0 Å². The molecule has 3 atom stereocenters. The quantitative estimate of drug-likeness (QED) is 0.607. The molecular weight excluding hydrogens is 348 g/mol. The predicted octanol–water partition coefficient (Wildman–Crippen LogP) is 4.50. The van der Waals surface area contributed by atoms with E-state index in [9.17, 15) is 0 Å². The van der Waals surface area contributed by atoms with Gasteiger partial charge in [0, 0.05) is 5.92 Å². The van der Waals surface area contributed by atoms with Crippen molar-refractivity contribution in [2.45, 2.75) is 111 Å². The van der Waals surface area contributed by atoms with E-state index in [4.69, 9.17) is 28.4 Å². The molecule has 0 aromatic heterocycles. The molecule has 0 saturated carbocycles. The van der Waals surface area contributed by atoms with Crippen LogP contribution in [0.15, 0.2) is 0 Å². The second-order valence-electron chi connectivity index (χ2n) is 8.99. The molecule has 3 unspecified atom stereocenters. The van der Waals surface area contributed by atoms with Crippen LogP contribution in [0.5, 0.6) is 0 Å². The third-order valence-electron chi connectivity index (χ3n) is 4.76. The number of hydrogen-bond donors (Lipinski definition) is 0. The van der Waals surface area contributed by atoms with Crippen molar-refractivity contribution in [1.82, 2.24) is 0 Å². The van der Waals surface area contributed by atoms with Gasteiger partial charge < -0.3 is 28.4 Å². The van der Waals surface area contributed by atoms with Crippen LogP contribution >= 0.6 is 0 Å². The molecule has 3 fully saturated rings. The van der Waals surface area contributed by atoms with Crippen molar-refractivity contribution < 1.29 is 28.4 Å². The lowest BCUT2D eigenvalue weighted by atomic mass is 9.98. The van der Waals surface area contributed by atoms with Crippen molar-refractivity contribution in [3.8, 4) is 0 Å². The SMILES string of the molecule is CC1(C)OCCCO1.CC1COC(C)(C)O1.CC1OC(C)(C)OC(C)C1C. The third kappa shape index (κ3) is 9.68. The lowest BCUT2D eigenvalue weighted by Gasteiger charge is -2.42. The molecule has 0 N–H and O–H groups in total. The normalized spacial score (nSPS) is 36.7. The van der Waals surface area contributed by atoms with E-state index in [0.717, 1.165) is 26.2 Å². The topological polar surface area (TPSA) is 55.4 Å². The summed E-state index contributed by atoms with van der Waals surface area (Å²) in [5.41, 5.74) is 0. The molecular formula is C21H42O6. The van der Waals surface area contributed by atoms with Crippen LogP contribution < -0.4 is 0 Å². The largest absolute Gasteiger partial charge is 0.350 e. The summed E-state index contributed by atoms with van der Waals surface area (Å²) in [5.74, 6) is -0.564. The smallest absolute Gasteiger partial charge is 0.163 e. The first-order valence-electron chi connectivity index (χ1n) is 10.2. The second kappa shape index (κ2) is 9.99. The molecule has 0 aromatic carbocycles. The van der Waals surface area contributed by atoms with Gasteiger partial charge in [-0.15, -0.1) is 0 Å². The zero-order valence-corrected chi connectivity index (χ0v) is 19.1. The second-order valence-corrected chi connectivity index (χ2v) is 8.99. The molecule has 0 aliphatic carbocycles. The van der Waals surface area contributed by atoms with Crippen molar-refractivity contribution in [3.63, 3.8) is 0 Å². The average Bonchev–Trinajstić information content (AvgIpc) is 2.82. The van der Waals surface area contributed by atoms with Gasteiger partial charge in [-0.1, -0.05) is 6.92 Å². The zero-order valence-electron chi connectivity index (χ0n) is 19.1. The van der Waals surface area contributed by atoms with Crippen molar-refractivity contribution >= 4 is 0 Å². The molecule has 3 rings (SSSR count). The van der Waals surface area contributed by atoms with E-state index in [1.807, 2.05) is 48.5 Å². The van der Waals surface area contributed by atoms with Crippen LogP contribution in [-0.4, -0.2) is 55.5 Å². The Labute approximate surface area is 166 Å². The van der Waals surface area contributed by atoms with E-state index in [1.54, 1.807) is 0 Å². The molecule has 3 aliphatic rings. The number of rotatable bonds is 0. The van der Waals surface area contributed by atoms with Gasteiger partial charge in [-0.2, -0.15) is 0 Å². The van der Waals surface area contributed by atoms with Gasteiger partial charge in [0.1, 0.15) is 0 Å². The molecule has 3 heterocycles. The lowest BCUT2D eigenvalue weighted by Crippen LogP contribution is -2.47. The zero-order chi connectivity index (χ0) is 20.9. The monoisotopic (exact) mass is 390 g/mol. The van der Waals surface area contributed by atoms with Crippen LogP contribution in [-0.2, 0) is 28.4 Å². The summed E-state index contributed by atoms with van der Waals surface area (Å²) in [6.07, 6.45) is 1.90. The predicted molar refractivity (Wildman–Crippen MR) is 106 cm³/mol. The molecule has 27 heavy (non-hydrogen) atoms. The molecule has 0 spiro atoms. The summed E-state index contributed by atoms with van der Waals surface area (Å²) < 4.78 is 32.3. The van der Waals surface area contributed by atoms with Gasteiger partial charge in [-0.05, 0) is 68.7 Å². The molecule has 6 heteroatoms. The van der Waals surface area contributed by atoms with Crippen LogP contribution in [0.3, 0.4) is 0 Å². The molecule has 162 valence electrons. The molecule has 6 nitrogen and oxygen atoms in total. The summed E-state index contributed by atoms with van der Waals surface area (Å²) in [4.78, 5) is 0. The molecule has 0 bridgehead atoms. The Kier molecular flexibility index (Phi) is 9.17. The fourth-order valence-electron chi connectivity index (χ4n) is 3.13. The Hall–Kier alpha value is -0.240. The first kappa shape index (κ1) is 24.8. The van der Waals surface area contributed by atoms with Crippen molar-refractivity contribution in [3.05, 3.63) is 0 Å². The van der Waals surface area contributed by atoms with Crippen molar-refractivity contribution in [2.24, 2.45) is 5.92 Å². The fourth-order valence-corrected chi connectivity index (χ4v) is 3.13. The standard InChI is InChI=1S/C9H18O2.2C6H12O2/c1-6-7(2)10-9(4,5)11-8(6)3;1-5-4-7-6(2,3)8-5;1-6(2)7-4-3-5-8-6/h6-8H,1-5H3;5H,4H2,1-3H3;3-5H2,1-2H3. The van der Waals surface area contributed by atoms with E-state index in [1.165, 1.54) is 0 Å². The molecule has 0 radical (unpaired) electrons. The van der Waals surface area contributed by atoms with E-state index in [0.29, 0.717) is 18.1 Å². The Morgan fingerprint density at radius 3 is 1.33 bits per heavy atom. The van der Waals surface area contributed by atoms with Gasteiger partial charge in [0.15, 0.2) is 17.4 Å². The summed E-state index contributed by atoms with van der Waals surface area (Å²) >= 11 is 0. The molecule has 3 saturated heterocycles. The summed E-state index contributed by atoms with van der Waals surface area (Å²) in [6, 6.07) is 0. The number of ether oxygens (including phenoxy) is 6. The van der Waals surface area contributed by atoms with Gasteiger partial charge >= 0.3 is 0 Å². The first-order chi connectivity index (χ1) is 12.2. The minimum absolute atomic E-state index is 0.269. The van der Waals surface area contributed by atoms with Gasteiger partial charge in [-0.3, -0.25) is 0 Å². The van der Waals surface area contributed by atoms with Crippen molar-refractivity contribution in [1.29, 1.82) is 0 Å². The Balaban J connectivity index is 0.000000206. The highest BCUT2D eigenvalue weighted by Gasteiger charge is 2.36. The molecule has 0 aromatic rings. The molecule has 3 aliphatic heterocycles. The van der Waals surface area contributed by atoms with Gasteiger partial charge in [0.05, 0.1) is 38.1 Å². The van der Waals surface area contributed by atoms with Gasteiger partial charge in [0.25, 0.3) is 0 Å². The Morgan fingerprint density at radius 1 is 0.593 bits per heavy atom. The highest BCUT2D eigenvalue weighted by Crippen LogP contribution is 2.30. The van der Waals surface area contributed by atoms with Gasteiger partial charge in [0.2, 0.25) is 0 Å². The maximum absolute atomic E-state index is 5.63. The summed E-state index contributed by atoms with van der Waals surface area (Å²) in [7, 11) is 0. The minimum atomic E-state index is -0.397. The van der Waals surface area contributed by atoms with Crippen LogP contribution in [0.4, 0.5) is 0 Å². The minimum Gasteiger partial charge on any atom is -0.350 e. The lowest BCUT2D eigenvalue weighted by molar-refractivity contribution is -0.311. The van der Waals surface area contributed by atoms with Crippen LogP contribution in [0.1, 0.15) is 75.7 Å². The fraction of sp³-hybridized carbons (Fsp3) is 1.00. The maximum atomic E-state index is 5.63. The van der Waals surface area contributed by atoms with E-state index in [2.05, 4.69) is 20.8 Å². The Morgan fingerprint density at radius 2 is 1.07 bits per heavy atom. The van der Waals surface area contributed by atoms with Crippen LogP contribution in [0.2, 0.25) is 0 Å².